The average Bonchev–Trinajstić information content (AvgIpc) is 2.75. The van der Waals surface area contributed by atoms with Crippen LogP contribution in [-0.2, 0) is 6.61 Å². The van der Waals surface area contributed by atoms with Crippen LogP contribution in [0.3, 0.4) is 0 Å². The highest BCUT2D eigenvalue weighted by atomic mass is 16.5. The lowest BCUT2D eigenvalue weighted by Gasteiger charge is -2.52. The van der Waals surface area contributed by atoms with Gasteiger partial charge >= 0.3 is 0 Å². The highest BCUT2D eigenvalue weighted by Gasteiger charge is 2.38. The summed E-state index contributed by atoms with van der Waals surface area (Å²) >= 11 is 0. The van der Waals surface area contributed by atoms with Gasteiger partial charge in [-0.1, -0.05) is 42.3 Å². The van der Waals surface area contributed by atoms with Crippen molar-refractivity contribution in [2.45, 2.75) is 70.7 Å². The summed E-state index contributed by atoms with van der Waals surface area (Å²) in [6, 6.07) is 18.6. The Morgan fingerprint density at radius 2 is 1.62 bits per heavy atom. The van der Waals surface area contributed by atoms with E-state index in [1.807, 2.05) is 24.3 Å². The van der Waals surface area contributed by atoms with Gasteiger partial charge < -0.3 is 9.47 Å². The molecule has 3 heteroatoms. The summed E-state index contributed by atoms with van der Waals surface area (Å²) in [4.78, 5) is 2.73. The molecule has 4 rings (SSSR count). The van der Waals surface area contributed by atoms with Crippen LogP contribution in [0, 0.1) is 0 Å². The van der Waals surface area contributed by atoms with Crippen LogP contribution in [0.15, 0.2) is 54.1 Å². The number of ether oxygens (including phenoxy) is 2. The molecule has 29 heavy (non-hydrogen) atoms. The van der Waals surface area contributed by atoms with E-state index in [1.54, 1.807) is 12.7 Å². The Bertz CT molecular complexity index is 817. The zero-order chi connectivity index (χ0) is 20.2. The first-order valence-corrected chi connectivity index (χ1v) is 11.0. The zero-order valence-electron chi connectivity index (χ0n) is 17.9. The number of methoxy groups -OCH3 is 1. The molecule has 0 N–H and O–H groups in total. The van der Waals surface area contributed by atoms with Gasteiger partial charge in [-0.05, 0) is 74.9 Å². The Morgan fingerprint density at radius 1 is 0.931 bits per heavy atom. The molecule has 0 radical (unpaired) electrons. The van der Waals surface area contributed by atoms with Crippen molar-refractivity contribution < 1.29 is 9.47 Å². The Kier molecular flexibility index (Phi) is 6.25. The number of benzene rings is 2. The molecule has 1 aliphatic heterocycles. The van der Waals surface area contributed by atoms with Crippen LogP contribution >= 0.6 is 0 Å². The molecule has 2 aromatic rings. The third-order valence-corrected chi connectivity index (χ3v) is 6.48. The predicted molar refractivity (Wildman–Crippen MR) is 119 cm³/mol. The minimum absolute atomic E-state index is 0.567. The van der Waals surface area contributed by atoms with Crippen LogP contribution in [0.5, 0.6) is 11.5 Å². The first-order valence-electron chi connectivity index (χ1n) is 11.0. The van der Waals surface area contributed by atoms with Crippen LogP contribution in [-0.4, -0.2) is 30.1 Å². The summed E-state index contributed by atoms with van der Waals surface area (Å²) in [5.74, 6) is 1.78. The zero-order valence-corrected chi connectivity index (χ0v) is 17.9. The second-order valence-corrected chi connectivity index (χ2v) is 8.57. The molecule has 0 bridgehead atoms. The highest BCUT2D eigenvalue weighted by Crippen LogP contribution is 2.37. The van der Waals surface area contributed by atoms with E-state index in [1.165, 1.54) is 37.7 Å². The van der Waals surface area contributed by atoms with Gasteiger partial charge in [0.05, 0.1) is 7.11 Å². The fourth-order valence-corrected chi connectivity index (χ4v) is 4.94. The number of nitrogens with zero attached hydrogens (tertiary/aromatic N) is 1. The van der Waals surface area contributed by atoms with Crippen LogP contribution in [0.1, 0.15) is 57.1 Å². The predicted octanol–water partition coefficient (Wildman–Crippen LogP) is 6.08. The summed E-state index contributed by atoms with van der Waals surface area (Å²) in [7, 11) is 1.68. The van der Waals surface area contributed by atoms with E-state index >= 15 is 0 Å². The van der Waals surface area contributed by atoms with Gasteiger partial charge in [0.25, 0.3) is 0 Å². The van der Waals surface area contributed by atoms with Crippen molar-refractivity contribution in [3.05, 3.63) is 65.2 Å². The van der Waals surface area contributed by atoms with Crippen molar-refractivity contribution in [1.29, 1.82) is 0 Å². The molecule has 2 fully saturated rings. The van der Waals surface area contributed by atoms with Crippen molar-refractivity contribution in [3.63, 3.8) is 0 Å². The highest BCUT2D eigenvalue weighted by molar-refractivity contribution is 5.55. The van der Waals surface area contributed by atoms with E-state index in [4.69, 9.17) is 9.47 Å². The molecule has 0 spiro atoms. The summed E-state index contributed by atoms with van der Waals surface area (Å²) < 4.78 is 11.2. The van der Waals surface area contributed by atoms with Crippen molar-refractivity contribution >= 4 is 6.08 Å². The van der Waals surface area contributed by atoms with Gasteiger partial charge in [-0.2, -0.15) is 0 Å². The molecule has 0 amide bonds. The first kappa shape index (κ1) is 20.0. The maximum Gasteiger partial charge on any atom is 0.119 e. The van der Waals surface area contributed by atoms with Crippen LogP contribution in [0.25, 0.3) is 6.08 Å². The van der Waals surface area contributed by atoms with E-state index in [9.17, 15) is 0 Å². The third-order valence-electron chi connectivity index (χ3n) is 6.48. The van der Waals surface area contributed by atoms with Crippen molar-refractivity contribution in [3.8, 4) is 11.5 Å². The Labute approximate surface area is 175 Å². The van der Waals surface area contributed by atoms with Gasteiger partial charge in [-0.3, -0.25) is 4.90 Å². The van der Waals surface area contributed by atoms with Gasteiger partial charge in [0.2, 0.25) is 0 Å². The van der Waals surface area contributed by atoms with E-state index in [0.29, 0.717) is 12.6 Å². The fraction of sp³-hybridized carbons (Fsp3) is 0.462. The van der Waals surface area contributed by atoms with Crippen molar-refractivity contribution in [1.82, 2.24) is 4.90 Å². The lowest BCUT2D eigenvalue weighted by Crippen LogP contribution is -2.58. The minimum atomic E-state index is 0.567. The van der Waals surface area contributed by atoms with Crippen LogP contribution in [0.4, 0.5) is 0 Å². The standard InChI is InChI=1S/C26H33NO2/c1-19-16-20(2)27(19)26-7-5-4-6-23(26)17-21-8-14-25(15-9-21)29-18-22-10-12-24(28-3)13-11-22/h8-15,17,19-20,26H,4-7,16,18H2,1-3H3/b23-17+. The van der Waals surface area contributed by atoms with Gasteiger partial charge in [0.15, 0.2) is 0 Å². The lowest BCUT2D eigenvalue weighted by molar-refractivity contribution is -0.000523. The SMILES string of the molecule is COc1ccc(COc2ccc(/C=C3\CCCCC3N3C(C)CC3C)cc2)cc1. The average molecular weight is 392 g/mol. The summed E-state index contributed by atoms with van der Waals surface area (Å²) in [5.41, 5.74) is 4.03. The van der Waals surface area contributed by atoms with Gasteiger partial charge in [-0.25, -0.2) is 0 Å². The first-order chi connectivity index (χ1) is 14.1. The van der Waals surface area contributed by atoms with Gasteiger partial charge in [0.1, 0.15) is 18.1 Å². The molecule has 2 aliphatic rings. The molecular weight excluding hydrogens is 358 g/mol. The van der Waals surface area contributed by atoms with E-state index in [2.05, 4.69) is 49.1 Å². The van der Waals surface area contributed by atoms with E-state index in [-0.39, 0.29) is 0 Å². The number of hydrogen-bond acceptors (Lipinski definition) is 3. The van der Waals surface area contributed by atoms with Crippen molar-refractivity contribution in [2.75, 3.05) is 7.11 Å². The second-order valence-electron chi connectivity index (χ2n) is 8.57. The number of rotatable bonds is 6. The fourth-order valence-electron chi connectivity index (χ4n) is 4.94. The summed E-state index contributed by atoms with van der Waals surface area (Å²) in [5, 5.41) is 0. The van der Waals surface area contributed by atoms with Gasteiger partial charge in [0, 0.05) is 18.1 Å². The smallest absolute Gasteiger partial charge is 0.119 e. The molecule has 3 unspecified atom stereocenters. The molecule has 3 nitrogen and oxygen atoms in total. The normalized spacial score (nSPS) is 26.2. The lowest BCUT2D eigenvalue weighted by atomic mass is 9.82. The topological polar surface area (TPSA) is 21.7 Å². The Hall–Kier alpha value is -2.26. The monoisotopic (exact) mass is 391 g/mol. The maximum atomic E-state index is 5.95. The molecule has 3 atom stereocenters. The minimum Gasteiger partial charge on any atom is -0.497 e. The van der Waals surface area contributed by atoms with Crippen molar-refractivity contribution in [2.24, 2.45) is 0 Å². The van der Waals surface area contributed by atoms with Gasteiger partial charge in [-0.15, -0.1) is 0 Å². The molecule has 1 saturated heterocycles. The molecule has 1 saturated carbocycles. The number of likely N-dealkylation sites (tertiary alicyclic amines) is 1. The van der Waals surface area contributed by atoms with Crippen LogP contribution in [0.2, 0.25) is 0 Å². The Morgan fingerprint density at radius 3 is 2.28 bits per heavy atom. The Balaban J connectivity index is 1.39. The van der Waals surface area contributed by atoms with E-state index in [0.717, 1.165) is 29.1 Å². The molecular formula is C26H33NO2. The van der Waals surface area contributed by atoms with E-state index < -0.39 is 0 Å². The molecule has 1 heterocycles. The number of hydrogen-bond donors (Lipinski definition) is 0. The maximum absolute atomic E-state index is 5.95. The second kappa shape index (κ2) is 9.04. The molecule has 0 aromatic heterocycles. The summed E-state index contributed by atoms with van der Waals surface area (Å²) in [6.45, 7) is 5.32. The molecule has 154 valence electrons. The third kappa shape index (κ3) is 4.67. The largest absolute Gasteiger partial charge is 0.497 e. The summed E-state index contributed by atoms with van der Waals surface area (Å²) in [6.07, 6.45) is 8.98. The quantitative estimate of drug-likeness (QED) is 0.595. The molecule has 1 aliphatic carbocycles. The van der Waals surface area contributed by atoms with Crippen LogP contribution < -0.4 is 9.47 Å². The molecule has 2 aromatic carbocycles.